The highest BCUT2D eigenvalue weighted by atomic mass is 16.2. The van der Waals surface area contributed by atoms with Crippen molar-refractivity contribution in [2.24, 2.45) is 5.92 Å². The predicted octanol–water partition coefficient (Wildman–Crippen LogP) is 2.09. The van der Waals surface area contributed by atoms with Gasteiger partial charge in [0.25, 0.3) is 0 Å². The molecule has 94 valence electrons. The molecule has 0 aliphatic heterocycles. The van der Waals surface area contributed by atoms with Gasteiger partial charge in [-0.1, -0.05) is 33.1 Å². The van der Waals surface area contributed by atoms with E-state index >= 15 is 0 Å². The Balaban J connectivity index is 4.31. The van der Waals surface area contributed by atoms with E-state index in [1.807, 2.05) is 0 Å². The Morgan fingerprint density at radius 1 is 1.25 bits per heavy atom. The second-order valence-electron chi connectivity index (χ2n) is 4.08. The van der Waals surface area contributed by atoms with Crippen molar-refractivity contribution in [3.8, 4) is 0 Å². The van der Waals surface area contributed by atoms with Gasteiger partial charge in [-0.3, -0.25) is 0 Å². The maximum absolute atomic E-state index is 11.2. The molecule has 0 rings (SSSR count). The summed E-state index contributed by atoms with van der Waals surface area (Å²) in [4.78, 5) is 22.2. The number of rotatable bonds is 8. The van der Waals surface area contributed by atoms with Crippen molar-refractivity contribution in [1.29, 1.82) is 0 Å². The van der Waals surface area contributed by atoms with E-state index in [4.69, 9.17) is 0 Å². The third-order valence-corrected chi connectivity index (χ3v) is 2.77. The second kappa shape index (κ2) is 9.19. The van der Waals surface area contributed by atoms with Gasteiger partial charge in [0.15, 0.2) is 0 Å². The minimum absolute atomic E-state index is 0.264. The van der Waals surface area contributed by atoms with Crippen LogP contribution in [0.25, 0.3) is 0 Å². The van der Waals surface area contributed by atoms with E-state index in [1.165, 1.54) is 0 Å². The number of aldehydes is 1. The van der Waals surface area contributed by atoms with E-state index in [0.717, 1.165) is 38.4 Å². The van der Waals surface area contributed by atoms with E-state index in [9.17, 15) is 9.59 Å². The van der Waals surface area contributed by atoms with E-state index in [1.54, 1.807) is 7.05 Å². The molecule has 0 fully saturated rings. The van der Waals surface area contributed by atoms with Crippen LogP contribution in [0, 0.1) is 5.92 Å². The first kappa shape index (κ1) is 14.9. The topological polar surface area (TPSA) is 58.2 Å². The van der Waals surface area contributed by atoms with Crippen LogP contribution in [-0.2, 0) is 4.79 Å². The Morgan fingerprint density at radius 2 is 1.94 bits per heavy atom. The minimum atomic E-state index is -0.355. The Morgan fingerprint density at radius 3 is 2.38 bits per heavy atom. The molecule has 0 spiro atoms. The van der Waals surface area contributed by atoms with Crippen LogP contribution >= 0.6 is 0 Å². The molecule has 0 aromatic rings. The van der Waals surface area contributed by atoms with Crippen LogP contribution in [-0.4, -0.2) is 25.4 Å². The summed E-state index contributed by atoms with van der Waals surface area (Å²) in [5, 5.41) is 5.17. The highest BCUT2D eigenvalue weighted by Crippen LogP contribution is 2.18. The van der Waals surface area contributed by atoms with Gasteiger partial charge in [0.2, 0.25) is 0 Å². The van der Waals surface area contributed by atoms with Gasteiger partial charge in [0.1, 0.15) is 6.29 Å². The van der Waals surface area contributed by atoms with Crippen molar-refractivity contribution in [2.75, 3.05) is 7.05 Å². The lowest BCUT2D eigenvalue weighted by Crippen LogP contribution is -2.45. The smallest absolute Gasteiger partial charge is 0.315 e. The second-order valence-corrected chi connectivity index (χ2v) is 4.08. The molecule has 2 N–H and O–H groups in total. The first-order chi connectivity index (χ1) is 7.69. The van der Waals surface area contributed by atoms with Gasteiger partial charge < -0.3 is 15.4 Å². The molecule has 0 bridgehead atoms. The van der Waals surface area contributed by atoms with Gasteiger partial charge in [-0.25, -0.2) is 4.79 Å². The van der Waals surface area contributed by atoms with Gasteiger partial charge in [-0.2, -0.15) is 0 Å². The SMILES string of the molecule is CCCCC(CCC)C(C=O)NC(=O)NC. The molecular formula is C12H24N2O2. The molecule has 2 atom stereocenters. The number of unbranched alkanes of at least 4 members (excludes halogenated alkanes) is 1. The van der Waals surface area contributed by atoms with Gasteiger partial charge in [0, 0.05) is 7.05 Å². The molecule has 0 saturated carbocycles. The van der Waals surface area contributed by atoms with Crippen LogP contribution in [0.5, 0.6) is 0 Å². The average Bonchev–Trinajstić information content (AvgIpc) is 2.31. The molecule has 0 aromatic carbocycles. The third-order valence-electron chi connectivity index (χ3n) is 2.77. The van der Waals surface area contributed by atoms with Gasteiger partial charge in [-0.15, -0.1) is 0 Å². The number of nitrogens with one attached hydrogen (secondary N) is 2. The van der Waals surface area contributed by atoms with Gasteiger partial charge in [0.05, 0.1) is 6.04 Å². The van der Waals surface area contributed by atoms with Crippen molar-refractivity contribution in [3.05, 3.63) is 0 Å². The highest BCUT2D eigenvalue weighted by molar-refractivity contribution is 5.77. The summed E-state index contributed by atoms with van der Waals surface area (Å²) in [5.74, 6) is 0.264. The van der Waals surface area contributed by atoms with Crippen LogP contribution in [0.2, 0.25) is 0 Å². The molecule has 4 heteroatoms. The van der Waals surface area contributed by atoms with Gasteiger partial charge in [-0.05, 0) is 18.8 Å². The van der Waals surface area contributed by atoms with Crippen molar-refractivity contribution < 1.29 is 9.59 Å². The van der Waals surface area contributed by atoms with E-state index < -0.39 is 0 Å². The number of hydrogen-bond acceptors (Lipinski definition) is 2. The molecule has 4 nitrogen and oxygen atoms in total. The van der Waals surface area contributed by atoms with Crippen molar-refractivity contribution >= 4 is 12.3 Å². The maximum Gasteiger partial charge on any atom is 0.315 e. The summed E-state index contributed by atoms with van der Waals surface area (Å²) in [7, 11) is 1.55. The van der Waals surface area contributed by atoms with E-state index in [-0.39, 0.29) is 18.0 Å². The van der Waals surface area contributed by atoms with Crippen LogP contribution in [0.4, 0.5) is 4.79 Å². The molecule has 0 radical (unpaired) electrons. The Kier molecular flexibility index (Phi) is 8.58. The van der Waals surface area contributed by atoms with E-state index in [2.05, 4.69) is 24.5 Å². The largest absolute Gasteiger partial charge is 0.341 e. The number of amides is 2. The van der Waals surface area contributed by atoms with Crippen molar-refractivity contribution in [1.82, 2.24) is 10.6 Å². The third kappa shape index (κ3) is 5.73. The first-order valence-corrected chi connectivity index (χ1v) is 6.13. The normalized spacial score (nSPS) is 13.9. The Hall–Kier alpha value is -1.06. The van der Waals surface area contributed by atoms with Crippen LogP contribution < -0.4 is 10.6 Å². The lowest BCUT2D eigenvalue weighted by molar-refractivity contribution is -0.110. The first-order valence-electron chi connectivity index (χ1n) is 6.13. The van der Waals surface area contributed by atoms with Crippen LogP contribution in [0.3, 0.4) is 0 Å². The molecule has 16 heavy (non-hydrogen) atoms. The molecule has 0 heterocycles. The van der Waals surface area contributed by atoms with Crippen molar-refractivity contribution in [3.63, 3.8) is 0 Å². The Bertz CT molecular complexity index is 207. The fourth-order valence-electron chi connectivity index (χ4n) is 1.83. The molecule has 0 aromatic heterocycles. The summed E-state index contributed by atoms with van der Waals surface area (Å²) in [6.07, 6.45) is 6.08. The summed E-state index contributed by atoms with van der Waals surface area (Å²) >= 11 is 0. The molecular weight excluding hydrogens is 204 g/mol. The van der Waals surface area contributed by atoms with Gasteiger partial charge >= 0.3 is 6.03 Å². The van der Waals surface area contributed by atoms with E-state index in [0.29, 0.717) is 0 Å². The summed E-state index contributed by atoms with van der Waals surface area (Å²) in [6.45, 7) is 4.23. The minimum Gasteiger partial charge on any atom is -0.341 e. The molecule has 0 aliphatic rings. The summed E-state index contributed by atoms with van der Waals surface area (Å²) < 4.78 is 0. The number of carbonyl (C=O) groups is 2. The zero-order valence-corrected chi connectivity index (χ0v) is 10.6. The maximum atomic E-state index is 11.2. The monoisotopic (exact) mass is 228 g/mol. The summed E-state index contributed by atoms with van der Waals surface area (Å²) in [6, 6.07) is -0.638. The zero-order valence-electron chi connectivity index (χ0n) is 10.6. The molecule has 0 aliphatic carbocycles. The number of carbonyl (C=O) groups excluding carboxylic acids is 2. The molecule has 2 amide bonds. The lowest BCUT2D eigenvalue weighted by Gasteiger charge is -2.23. The van der Waals surface area contributed by atoms with Crippen LogP contribution in [0.1, 0.15) is 46.0 Å². The lowest BCUT2D eigenvalue weighted by atomic mass is 9.90. The average molecular weight is 228 g/mol. The number of urea groups is 1. The van der Waals surface area contributed by atoms with Crippen molar-refractivity contribution in [2.45, 2.75) is 52.0 Å². The predicted molar refractivity (Wildman–Crippen MR) is 65.4 cm³/mol. The quantitative estimate of drug-likeness (QED) is 0.625. The fourth-order valence-corrected chi connectivity index (χ4v) is 1.83. The molecule has 0 saturated heterocycles. The summed E-state index contributed by atoms with van der Waals surface area (Å²) in [5.41, 5.74) is 0. The molecule has 2 unspecified atom stereocenters. The fraction of sp³-hybridized carbons (Fsp3) is 0.833. The highest BCUT2D eigenvalue weighted by Gasteiger charge is 2.21. The van der Waals surface area contributed by atoms with Crippen LogP contribution in [0.15, 0.2) is 0 Å². The zero-order chi connectivity index (χ0) is 12.4. The number of hydrogen-bond donors (Lipinski definition) is 2. The standard InChI is InChI=1S/C12H24N2O2/c1-4-6-8-10(7-5-2)11(9-15)14-12(16)13-3/h9-11H,4-8H2,1-3H3,(H2,13,14,16). The Labute approximate surface area is 98.2 Å².